The normalized spacial score (nSPS) is 11.5. The Morgan fingerprint density at radius 1 is 0.567 bits per heavy atom. The van der Waals surface area contributed by atoms with Gasteiger partial charge in [-0.15, -0.1) is 0 Å². The average Bonchev–Trinajstić information content (AvgIpc) is 2.73. The van der Waals surface area contributed by atoms with E-state index in [2.05, 4.69) is 86.5 Å². The van der Waals surface area contributed by atoms with Crippen LogP contribution in [0, 0.1) is 0 Å². The number of rotatable bonds is 15. The van der Waals surface area contributed by atoms with Crippen molar-refractivity contribution in [3.8, 4) is 11.1 Å². The monoisotopic (exact) mass is 412 g/mol. The van der Waals surface area contributed by atoms with Gasteiger partial charge in [0.05, 0.1) is 13.2 Å². The van der Waals surface area contributed by atoms with E-state index in [0.717, 1.165) is 39.1 Å². The Labute approximate surface area is 183 Å². The van der Waals surface area contributed by atoms with Crippen LogP contribution < -0.4 is 0 Å². The molecule has 166 valence electrons. The fraction of sp³-hybridized carbons (Fsp3) is 0.538. The SMILES string of the molecule is CN(C)CCCCOCc1ccccc1-c1ccccc1COCCCCN(C)C. The molecule has 4 nitrogen and oxygen atoms in total. The van der Waals surface area contributed by atoms with Crippen molar-refractivity contribution in [2.45, 2.75) is 38.9 Å². The Hall–Kier alpha value is -1.72. The van der Waals surface area contributed by atoms with Crippen molar-refractivity contribution in [1.29, 1.82) is 0 Å². The predicted octanol–water partition coefficient (Wildman–Crippen LogP) is 5.07. The van der Waals surface area contributed by atoms with E-state index in [1.165, 1.54) is 35.1 Å². The van der Waals surface area contributed by atoms with Crippen LogP contribution in [0.15, 0.2) is 48.5 Å². The number of benzene rings is 2. The maximum Gasteiger partial charge on any atom is 0.0722 e. The van der Waals surface area contributed by atoms with Gasteiger partial charge in [0.15, 0.2) is 0 Å². The number of ether oxygens (including phenoxy) is 2. The van der Waals surface area contributed by atoms with Crippen LogP contribution in [0.5, 0.6) is 0 Å². The Bertz CT molecular complexity index is 654. The van der Waals surface area contributed by atoms with Crippen LogP contribution >= 0.6 is 0 Å². The minimum Gasteiger partial charge on any atom is -0.377 e. The van der Waals surface area contributed by atoms with Gasteiger partial charge in [-0.25, -0.2) is 0 Å². The molecule has 30 heavy (non-hydrogen) atoms. The predicted molar refractivity (Wildman–Crippen MR) is 127 cm³/mol. The number of hydrogen-bond acceptors (Lipinski definition) is 4. The summed E-state index contributed by atoms with van der Waals surface area (Å²) < 4.78 is 12.0. The second-order valence-corrected chi connectivity index (χ2v) is 8.44. The molecule has 0 amide bonds. The highest BCUT2D eigenvalue weighted by Crippen LogP contribution is 2.28. The van der Waals surface area contributed by atoms with Crippen molar-refractivity contribution in [3.05, 3.63) is 59.7 Å². The van der Waals surface area contributed by atoms with E-state index >= 15 is 0 Å². The molecular formula is C26H40N2O2. The molecule has 0 saturated carbocycles. The summed E-state index contributed by atoms with van der Waals surface area (Å²) in [5.74, 6) is 0. The van der Waals surface area contributed by atoms with Gasteiger partial charge in [-0.3, -0.25) is 0 Å². The first-order valence-electron chi connectivity index (χ1n) is 11.2. The van der Waals surface area contributed by atoms with E-state index in [9.17, 15) is 0 Å². The molecule has 0 saturated heterocycles. The second kappa shape index (κ2) is 14.3. The summed E-state index contributed by atoms with van der Waals surface area (Å²) in [7, 11) is 8.45. The highest BCUT2D eigenvalue weighted by atomic mass is 16.5. The molecular weight excluding hydrogens is 372 g/mol. The zero-order valence-corrected chi connectivity index (χ0v) is 19.4. The third-order valence-corrected chi connectivity index (χ3v) is 5.13. The van der Waals surface area contributed by atoms with Gasteiger partial charge in [0, 0.05) is 13.2 Å². The van der Waals surface area contributed by atoms with E-state index in [1.807, 2.05) is 0 Å². The van der Waals surface area contributed by atoms with Crippen LogP contribution in [0.25, 0.3) is 11.1 Å². The van der Waals surface area contributed by atoms with Crippen molar-refractivity contribution < 1.29 is 9.47 Å². The van der Waals surface area contributed by atoms with Gasteiger partial charge >= 0.3 is 0 Å². The molecule has 2 aromatic carbocycles. The molecule has 0 spiro atoms. The number of hydrogen-bond donors (Lipinski definition) is 0. The fourth-order valence-electron chi connectivity index (χ4n) is 3.45. The number of unbranched alkanes of at least 4 members (excludes halogenated alkanes) is 2. The van der Waals surface area contributed by atoms with Gasteiger partial charge in [-0.05, 0) is 89.2 Å². The molecule has 0 radical (unpaired) electrons. The second-order valence-electron chi connectivity index (χ2n) is 8.44. The molecule has 0 aromatic heterocycles. The summed E-state index contributed by atoms with van der Waals surface area (Å²) in [5.41, 5.74) is 4.97. The van der Waals surface area contributed by atoms with Gasteiger partial charge in [0.25, 0.3) is 0 Å². The van der Waals surface area contributed by atoms with Gasteiger partial charge in [-0.1, -0.05) is 48.5 Å². The van der Waals surface area contributed by atoms with E-state index in [0.29, 0.717) is 13.2 Å². The van der Waals surface area contributed by atoms with Crippen LogP contribution in [0.2, 0.25) is 0 Å². The lowest BCUT2D eigenvalue weighted by Gasteiger charge is -2.15. The zero-order valence-electron chi connectivity index (χ0n) is 19.4. The van der Waals surface area contributed by atoms with Crippen LogP contribution in [0.3, 0.4) is 0 Å². The first kappa shape index (κ1) is 24.5. The van der Waals surface area contributed by atoms with Crippen molar-refractivity contribution >= 4 is 0 Å². The third-order valence-electron chi connectivity index (χ3n) is 5.13. The highest BCUT2D eigenvalue weighted by Gasteiger charge is 2.09. The summed E-state index contributed by atoms with van der Waals surface area (Å²) in [5, 5.41) is 0. The van der Waals surface area contributed by atoms with Crippen molar-refractivity contribution in [2.75, 3.05) is 54.5 Å². The Kier molecular flexibility index (Phi) is 11.7. The molecule has 2 rings (SSSR count). The van der Waals surface area contributed by atoms with Gasteiger partial charge < -0.3 is 19.3 Å². The van der Waals surface area contributed by atoms with Crippen molar-refractivity contribution in [1.82, 2.24) is 9.80 Å². The summed E-state index contributed by atoms with van der Waals surface area (Å²) in [6.45, 7) is 5.14. The molecule has 0 N–H and O–H groups in total. The summed E-state index contributed by atoms with van der Waals surface area (Å²) >= 11 is 0. The largest absolute Gasteiger partial charge is 0.377 e. The molecule has 0 heterocycles. The van der Waals surface area contributed by atoms with Gasteiger partial charge in [0.1, 0.15) is 0 Å². The van der Waals surface area contributed by atoms with Crippen LogP contribution in [0.1, 0.15) is 36.8 Å². The zero-order chi connectivity index (χ0) is 21.6. The van der Waals surface area contributed by atoms with E-state index < -0.39 is 0 Å². The highest BCUT2D eigenvalue weighted by molar-refractivity contribution is 5.70. The molecule has 0 aliphatic heterocycles. The molecule has 2 aromatic rings. The van der Waals surface area contributed by atoms with Crippen molar-refractivity contribution in [2.24, 2.45) is 0 Å². The first-order valence-corrected chi connectivity index (χ1v) is 11.2. The van der Waals surface area contributed by atoms with Crippen molar-refractivity contribution in [3.63, 3.8) is 0 Å². The number of nitrogens with zero attached hydrogens (tertiary/aromatic N) is 2. The van der Waals surface area contributed by atoms with Gasteiger partial charge in [-0.2, -0.15) is 0 Å². The molecule has 0 bridgehead atoms. The molecule has 0 fully saturated rings. The maximum absolute atomic E-state index is 5.99. The van der Waals surface area contributed by atoms with Crippen LogP contribution in [0.4, 0.5) is 0 Å². The standard InChI is InChI=1S/C26H40N2O2/c1-27(2)17-9-11-19-29-21-23-13-5-7-15-25(23)26-16-8-6-14-24(26)22-30-20-12-10-18-28(3)4/h5-8,13-16H,9-12,17-22H2,1-4H3. The Morgan fingerprint density at radius 3 is 1.37 bits per heavy atom. The molecule has 0 unspecified atom stereocenters. The Morgan fingerprint density at radius 2 is 0.967 bits per heavy atom. The molecule has 0 atom stereocenters. The average molecular weight is 413 g/mol. The maximum atomic E-state index is 5.99. The molecule has 0 aliphatic rings. The van der Waals surface area contributed by atoms with E-state index in [4.69, 9.17) is 9.47 Å². The lowest BCUT2D eigenvalue weighted by atomic mass is 9.96. The van der Waals surface area contributed by atoms with Gasteiger partial charge in [0.2, 0.25) is 0 Å². The first-order chi connectivity index (χ1) is 14.6. The minimum absolute atomic E-state index is 0.651. The topological polar surface area (TPSA) is 24.9 Å². The van der Waals surface area contributed by atoms with Crippen LogP contribution in [-0.2, 0) is 22.7 Å². The lowest BCUT2D eigenvalue weighted by Crippen LogP contribution is -2.13. The smallest absolute Gasteiger partial charge is 0.0722 e. The van der Waals surface area contributed by atoms with E-state index in [-0.39, 0.29) is 0 Å². The summed E-state index contributed by atoms with van der Waals surface area (Å²) in [6.07, 6.45) is 4.53. The molecule has 4 heteroatoms. The summed E-state index contributed by atoms with van der Waals surface area (Å²) in [4.78, 5) is 4.44. The fourth-order valence-corrected chi connectivity index (χ4v) is 3.45. The lowest BCUT2D eigenvalue weighted by molar-refractivity contribution is 0.115. The van der Waals surface area contributed by atoms with Crippen LogP contribution in [-0.4, -0.2) is 64.3 Å². The molecule has 0 aliphatic carbocycles. The Balaban J connectivity index is 1.90. The third kappa shape index (κ3) is 9.40. The summed E-state index contributed by atoms with van der Waals surface area (Å²) in [6, 6.07) is 17.1. The van der Waals surface area contributed by atoms with E-state index in [1.54, 1.807) is 0 Å². The quantitative estimate of drug-likeness (QED) is 0.381. The minimum atomic E-state index is 0.651.